The molecule has 6 nitrogen and oxygen atoms in total. The first kappa shape index (κ1) is 12.7. The Kier molecular flexibility index (Phi) is 4.03. The minimum Gasteiger partial charge on any atom is -0.387 e. The Morgan fingerprint density at radius 2 is 2.31 bits per heavy atom. The van der Waals surface area contributed by atoms with Gasteiger partial charge in [-0.15, -0.1) is 0 Å². The Balaban J connectivity index is 2.54. The Hall–Kier alpha value is -1.40. The van der Waals surface area contributed by atoms with Crippen LogP contribution in [0.25, 0.3) is 0 Å². The highest BCUT2D eigenvalue weighted by molar-refractivity contribution is 5.38. The first-order valence-corrected chi connectivity index (χ1v) is 5.05. The molecule has 0 fully saturated rings. The molecule has 0 bridgehead atoms. The van der Waals surface area contributed by atoms with Crippen molar-refractivity contribution in [3.8, 4) is 0 Å². The summed E-state index contributed by atoms with van der Waals surface area (Å²) in [6.07, 6.45) is 1.51. The highest BCUT2D eigenvalue weighted by Crippen LogP contribution is 2.07. The van der Waals surface area contributed by atoms with Crippen molar-refractivity contribution in [2.45, 2.75) is 12.5 Å². The lowest BCUT2D eigenvalue weighted by Crippen LogP contribution is -2.43. The van der Waals surface area contributed by atoms with Gasteiger partial charge in [0, 0.05) is 19.2 Å². The van der Waals surface area contributed by atoms with Crippen LogP contribution in [0.4, 0.5) is 5.69 Å². The monoisotopic (exact) mass is 226 g/mol. The first-order valence-electron chi connectivity index (χ1n) is 5.05. The molecule has 1 heterocycles. The van der Waals surface area contributed by atoms with Crippen LogP contribution in [0.15, 0.2) is 17.1 Å². The molecule has 0 aliphatic heterocycles. The van der Waals surface area contributed by atoms with E-state index in [1.54, 1.807) is 6.92 Å². The largest absolute Gasteiger partial charge is 0.387 e. The van der Waals surface area contributed by atoms with E-state index in [0.717, 1.165) is 0 Å². The van der Waals surface area contributed by atoms with Gasteiger partial charge in [-0.05, 0) is 21.0 Å². The Morgan fingerprint density at radius 1 is 1.62 bits per heavy atom. The number of hydrogen-bond donors (Lipinski definition) is 3. The van der Waals surface area contributed by atoms with Crippen molar-refractivity contribution < 1.29 is 5.11 Å². The SMILES string of the molecule is CN(C)CC(C)(O)CNc1cn[nH]c(=O)c1. The van der Waals surface area contributed by atoms with E-state index in [0.29, 0.717) is 18.8 Å². The molecule has 16 heavy (non-hydrogen) atoms. The summed E-state index contributed by atoms with van der Waals surface area (Å²) in [7, 11) is 3.78. The number of anilines is 1. The number of nitrogens with one attached hydrogen (secondary N) is 2. The fraction of sp³-hybridized carbons (Fsp3) is 0.600. The van der Waals surface area contributed by atoms with E-state index in [2.05, 4.69) is 15.5 Å². The van der Waals surface area contributed by atoms with Crippen LogP contribution in [0.2, 0.25) is 0 Å². The van der Waals surface area contributed by atoms with Crippen LogP contribution >= 0.6 is 0 Å². The summed E-state index contributed by atoms with van der Waals surface area (Å²) in [5, 5.41) is 18.9. The number of aromatic nitrogens is 2. The molecule has 0 aromatic carbocycles. The lowest BCUT2D eigenvalue weighted by molar-refractivity contribution is 0.0460. The van der Waals surface area contributed by atoms with Crippen molar-refractivity contribution in [2.75, 3.05) is 32.5 Å². The minimum atomic E-state index is -0.855. The Bertz CT molecular complexity index is 386. The van der Waals surface area contributed by atoms with Crippen molar-refractivity contribution in [2.24, 2.45) is 0 Å². The Morgan fingerprint density at radius 3 is 2.88 bits per heavy atom. The van der Waals surface area contributed by atoms with Gasteiger partial charge in [0.15, 0.2) is 0 Å². The first-order chi connectivity index (χ1) is 7.39. The average Bonchev–Trinajstić information content (AvgIpc) is 2.13. The van der Waals surface area contributed by atoms with Crippen molar-refractivity contribution in [1.29, 1.82) is 0 Å². The number of hydrogen-bond acceptors (Lipinski definition) is 5. The van der Waals surface area contributed by atoms with Crippen LogP contribution in [0.1, 0.15) is 6.92 Å². The number of H-pyrrole nitrogens is 1. The predicted molar refractivity (Wildman–Crippen MR) is 62.5 cm³/mol. The molecule has 0 saturated carbocycles. The standard InChI is InChI=1S/C10H18N4O2/c1-10(16,7-14(2)3)6-11-8-4-9(15)13-12-5-8/h4-5,16H,6-7H2,1-3H3,(H2,11,13,15). The maximum atomic E-state index is 11.0. The molecule has 0 saturated heterocycles. The Labute approximate surface area is 94.3 Å². The van der Waals surface area contributed by atoms with Crippen molar-refractivity contribution in [1.82, 2.24) is 15.1 Å². The molecule has 1 atom stereocenters. The van der Waals surface area contributed by atoms with Gasteiger partial charge in [-0.25, -0.2) is 5.10 Å². The van der Waals surface area contributed by atoms with Crippen molar-refractivity contribution in [3.05, 3.63) is 22.6 Å². The van der Waals surface area contributed by atoms with Gasteiger partial charge in [0.25, 0.3) is 5.56 Å². The quantitative estimate of drug-likeness (QED) is 0.630. The van der Waals surface area contributed by atoms with E-state index in [1.165, 1.54) is 12.3 Å². The molecule has 1 aromatic heterocycles. The van der Waals surface area contributed by atoms with Gasteiger partial charge < -0.3 is 15.3 Å². The highest BCUT2D eigenvalue weighted by Gasteiger charge is 2.20. The van der Waals surface area contributed by atoms with Gasteiger partial charge in [0.1, 0.15) is 0 Å². The second-order valence-corrected chi connectivity index (χ2v) is 4.42. The molecule has 3 N–H and O–H groups in total. The van der Waals surface area contributed by atoms with Crippen LogP contribution in [-0.2, 0) is 0 Å². The zero-order chi connectivity index (χ0) is 12.2. The lowest BCUT2D eigenvalue weighted by atomic mass is 10.1. The maximum absolute atomic E-state index is 11.0. The molecule has 0 spiro atoms. The molecule has 0 radical (unpaired) electrons. The van der Waals surface area contributed by atoms with Crippen LogP contribution in [0.3, 0.4) is 0 Å². The van der Waals surface area contributed by atoms with E-state index in [1.807, 2.05) is 19.0 Å². The second-order valence-electron chi connectivity index (χ2n) is 4.42. The van der Waals surface area contributed by atoms with Crippen molar-refractivity contribution >= 4 is 5.69 Å². The summed E-state index contributed by atoms with van der Waals surface area (Å²) < 4.78 is 0. The summed E-state index contributed by atoms with van der Waals surface area (Å²) >= 11 is 0. The number of aliphatic hydroxyl groups is 1. The minimum absolute atomic E-state index is 0.266. The average molecular weight is 226 g/mol. The maximum Gasteiger partial charge on any atom is 0.266 e. The van der Waals surface area contributed by atoms with Gasteiger partial charge in [-0.1, -0.05) is 0 Å². The summed E-state index contributed by atoms with van der Waals surface area (Å²) in [5.41, 5.74) is -0.522. The number of aromatic amines is 1. The van der Waals surface area contributed by atoms with E-state index < -0.39 is 5.60 Å². The number of rotatable bonds is 5. The summed E-state index contributed by atoms with van der Waals surface area (Å²) in [5.74, 6) is 0. The van der Waals surface area contributed by atoms with E-state index in [4.69, 9.17) is 0 Å². The predicted octanol–water partition coefficient (Wildman–Crippen LogP) is -0.506. The van der Waals surface area contributed by atoms with Crippen LogP contribution in [-0.4, -0.2) is 53.0 Å². The fourth-order valence-corrected chi connectivity index (χ4v) is 1.50. The van der Waals surface area contributed by atoms with Gasteiger partial charge in [0.2, 0.25) is 0 Å². The number of nitrogens with zero attached hydrogens (tertiary/aromatic N) is 2. The molecule has 1 aromatic rings. The van der Waals surface area contributed by atoms with E-state index in [9.17, 15) is 9.90 Å². The zero-order valence-electron chi connectivity index (χ0n) is 9.82. The smallest absolute Gasteiger partial charge is 0.266 e. The summed E-state index contributed by atoms with van der Waals surface area (Å²) in [6, 6.07) is 1.40. The van der Waals surface area contributed by atoms with Gasteiger partial charge in [-0.3, -0.25) is 4.79 Å². The molecule has 0 amide bonds. The molecule has 6 heteroatoms. The third-order valence-electron chi connectivity index (χ3n) is 2.00. The number of likely N-dealkylation sites (N-methyl/N-ethyl adjacent to an activating group) is 1. The summed E-state index contributed by atoms with van der Waals surface area (Å²) in [6.45, 7) is 2.63. The third-order valence-corrected chi connectivity index (χ3v) is 2.00. The molecule has 1 rings (SSSR count). The highest BCUT2D eigenvalue weighted by atomic mass is 16.3. The third kappa shape index (κ3) is 4.41. The molecule has 90 valence electrons. The topological polar surface area (TPSA) is 81.2 Å². The fourth-order valence-electron chi connectivity index (χ4n) is 1.50. The van der Waals surface area contributed by atoms with Gasteiger partial charge in [-0.2, -0.15) is 5.10 Å². The molecule has 0 aliphatic rings. The second kappa shape index (κ2) is 5.09. The van der Waals surface area contributed by atoms with E-state index in [-0.39, 0.29) is 5.56 Å². The van der Waals surface area contributed by atoms with E-state index >= 15 is 0 Å². The summed E-state index contributed by atoms with van der Waals surface area (Å²) in [4.78, 5) is 12.9. The molecular formula is C10H18N4O2. The van der Waals surface area contributed by atoms with Crippen LogP contribution < -0.4 is 10.9 Å². The van der Waals surface area contributed by atoms with Crippen LogP contribution in [0.5, 0.6) is 0 Å². The molecule has 1 unspecified atom stereocenters. The van der Waals surface area contributed by atoms with Crippen molar-refractivity contribution in [3.63, 3.8) is 0 Å². The lowest BCUT2D eigenvalue weighted by Gasteiger charge is -2.27. The molecule has 0 aliphatic carbocycles. The normalized spacial score (nSPS) is 14.8. The van der Waals surface area contributed by atoms with Gasteiger partial charge >= 0.3 is 0 Å². The van der Waals surface area contributed by atoms with Crippen LogP contribution in [0, 0.1) is 0 Å². The zero-order valence-corrected chi connectivity index (χ0v) is 9.82. The van der Waals surface area contributed by atoms with Gasteiger partial charge in [0.05, 0.1) is 17.5 Å². The molecular weight excluding hydrogens is 208 g/mol.